The van der Waals surface area contributed by atoms with Gasteiger partial charge < -0.3 is 10.6 Å². The molecule has 1 fully saturated rings. The number of piperidine rings is 1. The molecular formula is C17H20ClN5O2. The van der Waals surface area contributed by atoms with E-state index in [0.717, 1.165) is 17.5 Å². The van der Waals surface area contributed by atoms with Crippen LogP contribution in [0.1, 0.15) is 24.0 Å². The van der Waals surface area contributed by atoms with E-state index in [9.17, 15) is 9.59 Å². The molecule has 1 aromatic carbocycles. The zero-order valence-corrected chi connectivity index (χ0v) is 14.6. The highest BCUT2D eigenvalue weighted by molar-refractivity contribution is 6.30. The standard InChI is InChI=1S/C17H20ClN5O2/c1-11-9-20-23(10-12-4-2-5-13(18)8-12)15(11)22-17(25)21-14-6-3-7-19-16(14)24/h2,4-5,8-9,14H,3,6-7,10H2,1H3,(H,19,24)(H2,21,22,25). The second-order valence-electron chi connectivity index (χ2n) is 6.05. The van der Waals surface area contributed by atoms with Gasteiger partial charge in [-0.1, -0.05) is 23.7 Å². The number of halogens is 1. The summed E-state index contributed by atoms with van der Waals surface area (Å²) >= 11 is 6.02. The van der Waals surface area contributed by atoms with E-state index in [4.69, 9.17) is 11.6 Å². The van der Waals surface area contributed by atoms with Crippen LogP contribution < -0.4 is 16.0 Å². The van der Waals surface area contributed by atoms with Crippen molar-refractivity contribution in [1.82, 2.24) is 20.4 Å². The summed E-state index contributed by atoms with van der Waals surface area (Å²) in [4.78, 5) is 24.0. The molecule has 0 spiro atoms. The first-order valence-corrected chi connectivity index (χ1v) is 8.53. The van der Waals surface area contributed by atoms with Gasteiger partial charge in [-0.2, -0.15) is 5.10 Å². The number of nitrogens with zero attached hydrogens (tertiary/aromatic N) is 2. The zero-order valence-electron chi connectivity index (χ0n) is 13.9. The van der Waals surface area contributed by atoms with E-state index in [0.29, 0.717) is 30.4 Å². The van der Waals surface area contributed by atoms with Crippen molar-refractivity contribution in [2.75, 3.05) is 11.9 Å². The summed E-state index contributed by atoms with van der Waals surface area (Å²) in [6, 6.07) is 6.56. The molecule has 0 radical (unpaired) electrons. The third kappa shape index (κ3) is 4.30. The lowest BCUT2D eigenvalue weighted by Crippen LogP contribution is -2.51. The van der Waals surface area contributed by atoms with Gasteiger partial charge >= 0.3 is 6.03 Å². The topological polar surface area (TPSA) is 88.1 Å². The van der Waals surface area contributed by atoms with Crippen LogP contribution >= 0.6 is 11.6 Å². The van der Waals surface area contributed by atoms with Crippen LogP contribution in [0.5, 0.6) is 0 Å². The van der Waals surface area contributed by atoms with Crippen LogP contribution in [0, 0.1) is 6.92 Å². The fourth-order valence-corrected chi connectivity index (χ4v) is 2.99. The van der Waals surface area contributed by atoms with Gasteiger partial charge in [-0.3, -0.25) is 10.1 Å². The summed E-state index contributed by atoms with van der Waals surface area (Å²) in [6.45, 7) is 3.00. The van der Waals surface area contributed by atoms with E-state index >= 15 is 0 Å². The Hall–Kier alpha value is -2.54. The summed E-state index contributed by atoms with van der Waals surface area (Å²) in [5.41, 5.74) is 1.82. The summed E-state index contributed by atoms with van der Waals surface area (Å²) in [5.74, 6) is 0.444. The number of amides is 3. The maximum Gasteiger partial charge on any atom is 0.321 e. The molecule has 8 heteroatoms. The molecule has 1 saturated heterocycles. The number of hydrogen-bond donors (Lipinski definition) is 3. The van der Waals surface area contributed by atoms with Gasteiger partial charge in [0.15, 0.2) is 0 Å². The van der Waals surface area contributed by atoms with Crippen LogP contribution in [0.15, 0.2) is 30.5 Å². The molecule has 2 heterocycles. The molecule has 1 atom stereocenters. The molecule has 3 rings (SSSR count). The summed E-state index contributed by atoms with van der Waals surface area (Å²) < 4.78 is 1.70. The molecule has 1 unspecified atom stereocenters. The lowest BCUT2D eigenvalue weighted by molar-refractivity contribution is -0.124. The van der Waals surface area contributed by atoms with Gasteiger partial charge in [-0.25, -0.2) is 9.48 Å². The van der Waals surface area contributed by atoms with Gasteiger partial charge in [-0.15, -0.1) is 0 Å². The van der Waals surface area contributed by atoms with Crippen LogP contribution in [0.25, 0.3) is 0 Å². The highest BCUT2D eigenvalue weighted by Gasteiger charge is 2.24. The fourth-order valence-electron chi connectivity index (χ4n) is 2.78. The third-order valence-corrected chi connectivity index (χ3v) is 4.30. The second-order valence-corrected chi connectivity index (χ2v) is 6.48. The van der Waals surface area contributed by atoms with Crippen molar-refractivity contribution < 1.29 is 9.59 Å². The number of hydrogen-bond acceptors (Lipinski definition) is 3. The molecule has 1 aromatic heterocycles. The number of aromatic nitrogens is 2. The minimum absolute atomic E-state index is 0.148. The molecule has 0 bridgehead atoms. The van der Waals surface area contributed by atoms with E-state index in [-0.39, 0.29) is 5.91 Å². The smallest absolute Gasteiger partial charge is 0.321 e. The maximum atomic E-state index is 12.3. The van der Waals surface area contributed by atoms with E-state index < -0.39 is 12.1 Å². The first-order valence-electron chi connectivity index (χ1n) is 8.15. The lowest BCUT2D eigenvalue weighted by atomic mass is 10.1. The first-order chi connectivity index (χ1) is 12.0. The van der Waals surface area contributed by atoms with E-state index in [2.05, 4.69) is 21.0 Å². The van der Waals surface area contributed by atoms with Crippen molar-refractivity contribution in [3.05, 3.63) is 46.6 Å². The Morgan fingerprint density at radius 2 is 2.32 bits per heavy atom. The number of rotatable bonds is 4. The molecule has 1 aliphatic heterocycles. The van der Waals surface area contributed by atoms with Gasteiger partial charge in [-0.05, 0) is 37.5 Å². The lowest BCUT2D eigenvalue weighted by Gasteiger charge is -2.23. The molecule has 25 heavy (non-hydrogen) atoms. The molecule has 0 aliphatic carbocycles. The van der Waals surface area contributed by atoms with E-state index in [1.807, 2.05) is 25.1 Å². The van der Waals surface area contributed by atoms with Gasteiger partial charge in [0.05, 0.1) is 12.7 Å². The van der Waals surface area contributed by atoms with Crippen LogP contribution in [-0.4, -0.2) is 34.3 Å². The number of urea groups is 1. The van der Waals surface area contributed by atoms with Crippen LogP contribution in [0.4, 0.5) is 10.6 Å². The van der Waals surface area contributed by atoms with Gasteiger partial charge in [0, 0.05) is 17.1 Å². The molecular weight excluding hydrogens is 342 g/mol. The van der Waals surface area contributed by atoms with Crippen molar-refractivity contribution in [2.24, 2.45) is 0 Å². The Morgan fingerprint density at radius 3 is 3.08 bits per heavy atom. The summed E-state index contributed by atoms with van der Waals surface area (Å²) in [7, 11) is 0. The number of aryl methyl sites for hydroxylation is 1. The van der Waals surface area contributed by atoms with E-state index in [1.165, 1.54) is 0 Å². The predicted octanol–water partition coefficient (Wildman–Crippen LogP) is 2.29. The average Bonchev–Trinajstić information content (AvgIpc) is 2.90. The number of benzene rings is 1. The SMILES string of the molecule is Cc1cnn(Cc2cccc(Cl)c2)c1NC(=O)NC1CCCNC1=O. The van der Waals surface area contributed by atoms with E-state index in [1.54, 1.807) is 16.9 Å². The molecule has 132 valence electrons. The van der Waals surface area contributed by atoms with Crippen LogP contribution in [0.2, 0.25) is 5.02 Å². The highest BCUT2D eigenvalue weighted by Crippen LogP contribution is 2.18. The predicted molar refractivity (Wildman–Crippen MR) is 95.7 cm³/mol. The number of nitrogens with one attached hydrogen (secondary N) is 3. The molecule has 3 amide bonds. The Kier molecular flexibility index (Phi) is 5.23. The summed E-state index contributed by atoms with van der Waals surface area (Å²) in [6.07, 6.45) is 3.18. The van der Waals surface area contributed by atoms with Crippen molar-refractivity contribution in [3.8, 4) is 0 Å². The molecule has 0 saturated carbocycles. The average molecular weight is 362 g/mol. The maximum absolute atomic E-state index is 12.3. The number of carbonyl (C=O) groups excluding carboxylic acids is 2. The Bertz CT molecular complexity index is 789. The Balaban J connectivity index is 1.68. The molecule has 2 aromatic rings. The van der Waals surface area contributed by atoms with Gasteiger partial charge in [0.2, 0.25) is 5.91 Å². The number of carbonyl (C=O) groups is 2. The van der Waals surface area contributed by atoms with Gasteiger partial charge in [0.25, 0.3) is 0 Å². The van der Waals surface area contributed by atoms with Crippen LogP contribution in [0.3, 0.4) is 0 Å². The summed E-state index contributed by atoms with van der Waals surface area (Å²) in [5, 5.41) is 13.2. The zero-order chi connectivity index (χ0) is 17.8. The monoisotopic (exact) mass is 361 g/mol. The number of anilines is 1. The van der Waals surface area contributed by atoms with Crippen molar-refractivity contribution in [2.45, 2.75) is 32.4 Å². The van der Waals surface area contributed by atoms with Gasteiger partial charge in [0.1, 0.15) is 11.9 Å². The minimum Gasteiger partial charge on any atom is -0.354 e. The highest BCUT2D eigenvalue weighted by atomic mass is 35.5. The normalized spacial score (nSPS) is 17.0. The van der Waals surface area contributed by atoms with Crippen molar-refractivity contribution >= 4 is 29.4 Å². The minimum atomic E-state index is -0.502. The largest absolute Gasteiger partial charge is 0.354 e. The molecule has 3 N–H and O–H groups in total. The van der Waals surface area contributed by atoms with Crippen molar-refractivity contribution in [1.29, 1.82) is 0 Å². The molecule has 7 nitrogen and oxygen atoms in total. The Labute approximate surface area is 150 Å². The van der Waals surface area contributed by atoms with Crippen LogP contribution in [-0.2, 0) is 11.3 Å². The molecule has 1 aliphatic rings. The van der Waals surface area contributed by atoms with Crippen molar-refractivity contribution in [3.63, 3.8) is 0 Å². The second kappa shape index (κ2) is 7.57. The fraction of sp³-hybridized carbons (Fsp3) is 0.353. The first kappa shape index (κ1) is 17.3. The quantitative estimate of drug-likeness (QED) is 0.780. The Morgan fingerprint density at radius 1 is 1.48 bits per heavy atom. The third-order valence-electron chi connectivity index (χ3n) is 4.07.